The lowest BCUT2D eigenvalue weighted by atomic mass is 9.67. The highest BCUT2D eigenvalue weighted by Gasteiger charge is 2.63. The lowest BCUT2D eigenvalue weighted by Crippen LogP contribution is -2.61. The van der Waals surface area contributed by atoms with Gasteiger partial charge in [-0.2, -0.15) is 0 Å². The van der Waals surface area contributed by atoms with Crippen molar-refractivity contribution in [1.82, 2.24) is 4.90 Å². The number of likely N-dealkylation sites (N-methyl/N-ethyl adjacent to an activating group) is 1. The number of aliphatic hydroxyl groups is 2. The van der Waals surface area contributed by atoms with E-state index in [4.69, 9.17) is 48.5 Å². The van der Waals surface area contributed by atoms with E-state index in [1.54, 1.807) is 55.4 Å². The number of Topliss-reactive ketones (excluding diaryl/α,β-unsaturated/α-hetero) is 1. The Morgan fingerprint density at radius 2 is 1.51 bits per heavy atom. The van der Waals surface area contributed by atoms with Gasteiger partial charge in [-0.3, -0.25) is 14.4 Å². The Kier molecular flexibility index (Phi) is 19.3. The highest BCUT2D eigenvalue weighted by Crippen LogP contribution is 2.49. The van der Waals surface area contributed by atoms with E-state index in [1.165, 1.54) is 14.2 Å². The number of oxime groups is 1. The zero-order valence-corrected chi connectivity index (χ0v) is 44.9. The lowest BCUT2D eigenvalue weighted by Gasteiger charge is -2.50. The fourth-order valence-electron chi connectivity index (χ4n) is 11.5. The van der Waals surface area contributed by atoms with Gasteiger partial charge in [0.2, 0.25) is 0 Å². The molecule has 1 aromatic carbocycles. The Labute approximate surface area is 420 Å². The second kappa shape index (κ2) is 23.6. The molecule has 0 spiro atoms. The molecule has 0 amide bonds. The first-order chi connectivity index (χ1) is 33.2. The summed E-state index contributed by atoms with van der Waals surface area (Å²) in [7, 11) is 10.6. The molecule has 4 N–H and O–H groups in total. The third-order valence-corrected chi connectivity index (χ3v) is 16.0. The molecule has 0 aromatic heterocycles. The summed E-state index contributed by atoms with van der Waals surface area (Å²) >= 11 is 0. The van der Waals surface area contributed by atoms with Gasteiger partial charge in [0.05, 0.1) is 48.0 Å². The smallest absolute Gasteiger partial charge is 0.335 e. The molecule has 4 fully saturated rings. The molecule has 0 radical (unpaired) electrons. The first kappa shape index (κ1) is 58.1. The minimum absolute atomic E-state index is 0.0280. The molecule has 0 aliphatic carbocycles. The molecule has 0 bridgehead atoms. The summed E-state index contributed by atoms with van der Waals surface area (Å²) in [6.45, 7) is 17.5. The molecular weight excluding hydrogens is 921 g/mol. The number of nitrogens with zero attached hydrogens (tertiary/aromatic N) is 3. The monoisotopic (exact) mass is 1000 g/mol. The molecule has 1 aromatic rings. The maximum atomic E-state index is 15.1. The van der Waals surface area contributed by atoms with E-state index >= 15 is 4.79 Å². The molecule has 0 saturated carbocycles. The van der Waals surface area contributed by atoms with Crippen molar-refractivity contribution in [3.05, 3.63) is 29.8 Å². The van der Waals surface area contributed by atoms with Crippen molar-refractivity contribution in [2.75, 3.05) is 47.3 Å². The van der Waals surface area contributed by atoms with Crippen LogP contribution in [0.15, 0.2) is 29.4 Å². The van der Waals surface area contributed by atoms with Gasteiger partial charge in [0, 0.05) is 70.1 Å². The fraction of sp³-hybridized carbons (Fsp3) is 0.788. The number of carbonyl (C=O) groups excluding carboxylic acids is 4. The van der Waals surface area contributed by atoms with Crippen molar-refractivity contribution in [3.63, 3.8) is 0 Å². The van der Waals surface area contributed by atoms with E-state index in [2.05, 4.69) is 5.16 Å². The third-order valence-electron chi connectivity index (χ3n) is 16.0. The van der Waals surface area contributed by atoms with Gasteiger partial charge in [-0.05, 0) is 99.0 Å². The zero-order chi connectivity index (χ0) is 53.1. The Morgan fingerprint density at radius 3 is 2.08 bits per heavy atom. The first-order valence-electron chi connectivity index (χ1n) is 25.2. The maximum absolute atomic E-state index is 15.1. The van der Waals surface area contributed by atoms with Crippen molar-refractivity contribution in [3.8, 4) is 0 Å². The Morgan fingerprint density at radius 1 is 0.873 bits per heavy atom. The SMILES string of the molecule is CC[C@H]1OC(=O)[C@H](C)[C@@H](OC2CC(C)(OC)C(O)C(C)O2)[C@H](C)[C@@H](OC2OC(C)CC(N(C)C)C2O)[C@@](C)(OC)C[C@@H](C)C(=O)[C@H](C)C2C(/C(N)=N\OC(=O)CCc3ccc(N(C)C)cc3)C(=O)O[C@@]21C. The van der Waals surface area contributed by atoms with Crippen LogP contribution >= 0.6 is 0 Å². The molecule has 4 aliphatic heterocycles. The van der Waals surface area contributed by atoms with Gasteiger partial charge >= 0.3 is 17.9 Å². The van der Waals surface area contributed by atoms with Crippen LogP contribution in [-0.2, 0) is 68.3 Å². The van der Waals surface area contributed by atoms with Crippen molar-refractivity contribution in [1.29, 1.82) is 0 Å². The first-order valence-corrected chi connectivity index (χ1v) is 25.2. The van der Waals surface area contributed by atoms with Crippen molar-refractivity contribution >= 4 is 35.2 Å². The Balaban J connectivity index is 1.57. The van der Waals surface area contributed by atoms with E-state index in [9.17, 15) is 24.6 Å². The van der Waals surface area contributed by atoms with Crippen LogP contribution in [0.1, 0.15) is 107 Å². The van der Waals surface area contributed by atoms with Crippen molar-refractivity contribution < 1.29 is 72.1 Å². The summed E-state index contributed by atoms with van der Waals surface area (Å²) in [5, 5.41) is 26.9. The van der Waals surface area contributed by atoms with Gasteiger partial charge in [0.1, 0.15) is 30.0 Å². The van der Waals surface area contributed by atoms with E-state index in [-0.39, 0.29) is 49.4 Å². The molecule has 5 rings (SSSR count). The molecule has 10 unspecified atom stereocenters. The van der Waals surface area contributed by atoms with E-state index in [1.807, 2.05) is 76.1 Å². The van der Waals surface area contributed by atoms with Crippen LogP contribution in [0.3, 0.4) is 0 Å². The molecule has 4 heterocycles. The number of nitrogens with two attached hydrogens (primary N) is 1. The summed E-state index contributed by atoms with van der Waals surface area (Å²) in [5.74, 6) is -9.00. The highest BCUT2D eigenvalue weighted by atomic mass is 16.7. The number of methoxy groups -OCH3 is 2. The van der Waals surface area contributed by atoms with Gasteiger partial charge in [-0.15, -0.1) is 0 Å². The van der Waals surface area contributed by atoms with Gasteiger partial charge < -0.3 is 68.5 Å². The number of ether oxygens (including phenoxy) is 8. The number of fused-ring (bicyclic) bond motifs is 1. The predicted molar refractivity (Wildman–Crippen MR) is 263 cm³/mol. The molecular formula is C52H84N4O15. The third kappa shape index (κ3) is 12.6. The lowest BCUT2D eigenvalue weighted by molar-refractivity contribution is -0.319. The molecule has 4 saturated heterocycles. The van der Waals surface area contributed by atoms with Crippen molar-refractivity contribution in [2.24, 2.45) is 46.4 Å². The fourth-order valence-corrected chi connectivity index (χ4v) is 11.5. The number of aryl methyl sites for hydroxylation is 1. The number of cyclic esters (lactones) is 1. The minimum atomic E-state index is -1.64. The second-order valence-corrected chi connectivity index (χ2v) is 21.6. The zero-order valence-electron chi connectivity index (χ0n) is 44.9. The number of anilines is 1. The molecule has 19 nitrogen and oxygen atoms in total. The highest BCUT2D eigenvalue weighted by molar-refractivity contribution is 6.03. The molecule has 19 atom stereocenters. The summed E-state index contributed by atoms with van der Waals surface area (Å²) < 4.78 is 51.3. The van der Waals surface area contributed by atoms with Gasteiger partial charge in [0.15, 0.2) is 24.0 Å². The second-order valence-electron chi connectivity index (χ2n) is 21.6. The molecule has 402 valence electrons. The summed E-state index contributed by atoms with van der Waals surface area (Å²) in [6, 6.07) is 7.39. The van der Waals surface area contributed by atoms with Crippen LogP contribution in [0.5, 0.6) is 0 Å². The van der Waals surface area contributed by atoms with Crippen LogP contribution in [0.2, 0.25) is 0 Å². The van der Waals surface area contributed by atoms with Gasteiger partial charge in [0.25, 0.3) is 0 Å². The van der Waals surface area contributed by atoms with E-state index in [0.29, 0.717) is 12.8 Å². The number of esters is 2. The molecule has 71 heavy (non-hydrogen) atoms. The summed E-state index contributed by atoms with van der Waals surface area (Å²) in [5.41, 5.74) is 4.43. The number of hydrogen-bond donors (Lipinski definition) is 3. The van der Waals surface area contributed by atoms with Crippen LogP contribution in [0.4, 0.5) is 5.69 Å². The number of benzene rings is 1. The number of rotatable bonds is 14. The number of amidine groups is 1. The standard InChI is InChI=1S/C52H84N4O15/c1-17-36-52(10)40(39(48(62)70-52)46(53)54-71-37(57)23-20-33-18-21-34(22-19-33)55(11)12)29(4)41(58)27(2)25-51(9,64-16)45(69-49-42(59)35(56(13)14)24-28(3)65-49)30(5)43(31(6)47(61)67-36)68-38-26-50(8,63-15)44(60)32(7)66-38/h18-19,21-22,27-32,35-36,38-40,42-45,49,59-60H,17,20,23-26H2,1-16H3,(H2,53,54)/t27-,28?,29-,30+,31-,32?,35?,36-,38?,39?,40?,42?,43+,44?,45-,49?,50?,51+,52-/m1/s1. The minimum Gasteiger partial charge on any atom is -0.458 e. The topological polar surface area (TPSA) is 237 Å². The quantitative estimate of drug-likeness (QED) is 0.0770. The number of carbonyl (C=O) groups is 4. The van der Waals surface area contributed by atoms with Crippen LogP contribution in [0, 0.1) is 35.5 Å². The predicted octanol–water partition coefficient (Wildman–Crippen LogP) is 4.39. The number of ketones is 1. The van der Waals surface area contributed by atoms with Crippen LogP contribution in [0.25, 0.3) is 0 Å². The Hall–Kier alpha value is -3.79. The van der Waals surface area contributed by atoms with Crippen molar-refractivity contribution in [2.45, 2.75) is 186 Å². The largest absolute Gasteiger partial charge is 0.458 e. The molecule has 19 heteroatoms. The van der Waals surface area contributed by atoms with E-state index < -0.39 is 119 Å². The number of hydrogen-bond acceptors (Lipinski definition) is 18. The molecule has 4 aliphatic rings. The summed E-state index contributed by atoms with van der Waals surface area (Å²) in [6.07, 6.45) is -7.43. The van der Waals surface area contributed by atoms with Crippen LogP contribution < -0.4 is 10.6 Å². The van der Waals surface area contributed by atoms with Gasteiger partial charge in [-0.25, -0.2) is 4.79 Å². The average molecular weight is 1010 g/mol. The number of aliphatic hydroxyl groups excluding tert-OH is 2. The normalized spacial score (nSPS) is 40.9. The maximum Gasteiger partial charge on any atom is 0.335 e. The Bertz CT molecular complexity index is 2020. The summed E-state index contributed by atoms with van der Waals surface area (Å²) in [4.78, 5) is 66.5. The van der Waals surface area contributed by atoms with Crippen LogP contribution in [-0.4, -0.2) is 165 Å². The average Bonchev–Trinajstić information content (AvgIpc) is 3.60. The van der Waals surface area contributed by atoms with Gasteiger partial charge in [-0.1, -0.05) is 45.0 Å². The van der Waals surface area contributed by atoms with E-state index in [0.717, 1.165) is 11.3 Å².